The van der Waals surface area contributed by atoms with Gasteiger partial charge in [0.2, 0.25) is 0 Å². The van der Waals surface area contributed by atoms with Crippen LogP contribution in [0.2, 0.25) is 0 Å². The number of hydrogen-bond acceptors (Lipinski definition) is 4. The Morgan fingerprint density at radius 3 is 1.93 bits per heavy atom. The summed E-state index contributed by atoms with van der Waals surface area (Å²) in [5.74, 6) is 0. The summed E-state index contributed by atoms with van der Waals surface area (Å²) in [6, 6.07) is 0. The van der Waals surface area contributed by atoms with Crippen LogP contribution in [0, 0.1) is 0 Å². The zero-order valence-electron chi connectivity index (χ0n) is 9.52. The van der Waals surface area contributed by atoms with E-state index in [2.05, 4.69) is 0 Å². The molecule has 0 aromatic carbocycles. The highest BCUT2D eigenvalue weighted by atomic mass is 31.2. The molecule has 0 bridgehead atoms. The van der Waals surface area contributed by atoms with Gasteiger partial charge in [0.05, 0.1) is 12.7 Å². The lowest BCUT2D eigenvalue weighted by Crippen LogP contribution is -2.09. The normalized spacial score (nSPS) is 15.5. The largest absolute Gasteiger partial charge is 0.329 e. The molecule has 0 aliphatic carbocycles. The fourth-order valence-corrected chi connectivity index (χ4v) is 2.44. The summed E-state index contributed by atoms with van der Waals surface area (Å²) in [6.07, 6.45) is 0.486. The van der Waals surface area contributed by atoms with Crippen molar-refractivity contribution in [2.75, 3.05) is 33.3 Å². The van der Waals surface area contributed by atoms with Crippen molar-refractivity contribution < 1.29 is 18.2 Å². The van der Waals surface area contributed by atoms with Crippen molar-refractivity contribution in [2.45, 2.75) is 19.4 Å². The molecule has 0 spiro atoms. The Hall–Kier alpha value is 0.380. The van der Waals surface area contributed by atoms with Crippen LogP contribution in [0.25, 0.3) is 0 Å². The van der Waals surface area contributed by atoms with E-state index in [4.69, 9.17) is 9.05 Å². The molecule has 1 unspecified atom stereocenters. The van der Waals surface area contributed by atoms with Gasteiger partial charge in [0.25, 0.3) is 0 Å². The molecule has 0 amide bonds. The van der Waals surface area contributed by atoms with Crippen LogP contribution in [0.15, 0.2) is 0 Å². The summed E-state index contributed by atoms with van der Waals surface area (Å²) in [6.45, 7) is 8.51. The van der Waals surface area contributed by atoms with Crippen molar-refractivity contribution in [3.63, 3.8) is 0 Å². The first-order valence-corrected chi connectivity index (χ1v) is 9.57. The van der Waals surface area contributed by atoms with Crippen LogP contribution in [0.4, 0.5) is 0 Å². The van der Waals surface area contributed by atoms with E-state index in [1.54, 1.807) is 26.7 Å². The predicted molar refractivity (Wildman–Crippen MR) is 60.0 cm³/mol. The summed E-state index contributed by atoms with van der Waals surface area (Å²) in [5.41, 5.74) is 0. The molecule has 0 N–H and O–H groups in total. The minimum atomic E-state index is -2.43. The summed E-state index contributed by atoms with van der Waals surface area (Å²) in [4.78, 5) is 0. The molecule has 6 heteroatoms. The van der Waals surface area contributed by atoms with Gasteiger partial charge >= 0.3 is 0 Å². The third kappa shape index (κ3) is 10.5. The van der Waals surface area contributed by atoms with E-state index in [1.165, 1.54) is 0 Å². The van der Waals surface area contributed by atoms with E-state index in [0.29, 0.717) is 13.0 Å². The van der Waals surface area contributed by atoms with Crippen molar-refractivity contribution in [1.29, 1.82) is 0 Å². The lowest BCUT2D eigenvalue weighted by Gasteiger charge is -2.16. The van der Waals surface area contributed by atoms with Gasteiger partial charge in [-0.25, -0.2) is 0 Å². The van der Waals surface area contributed by atoms with Gasteiger partial charge in [0.15, 0.2) is 14.7 Å². The molecule has 0 fully saturated rings. The lowest BCUT2D eigenvalue weighted by atomic mass is 10.3. The van der Waals surface area contributed by atoms with Crippen molar-refractivity contribution >= 4 is 14.7 Å². The van der Waals surface area contributed by atoms with Crippen LogP contribution in [0.1, 0.15) is 13.3 Å². The van der Waals surface area contributed by atoms with Crippen LogP contribution >= 0.6 is 14.7 Å². The summed E-state index contributed by atoms with van der Waals surface area (Å²) < 4.78 is 32.8. The number of hydrogen-bond donors (Lipinski definition) is 0. The predicted octanol–water partition coefficient (Wildman–Crippen LogP) is 2.87. The summed E-state index contributed by atoms with van der Waals surface area (Å²) >= 11 is 0. The molecule has 0 aliphatic rings. The molecule has 14 heavy (non-hydrogen) atoms. The second-order valence-corrected chi connectivity index (χ2v) is 9.52. The second-order valence-electron chi connectivity index (χ2n) is 4.04. The first-order valence-electron chi connectivity index (χ1n) is 4.53. The van der Waals surface area contributed by atoms with Gasteiger partial charge in [-0.15, -0.1) is 0 Å². The zero-order valence-corrected chi connectivity index (χ0v) is 11.3. The van der Waals surface area contributed by atoms with Crippen LogP contribution in [-0.2, 0) is 18.2 Å². The van der Waals surface area contributed by atoms with Crippen molar-refractivity contribution in [3.8, 4) is 0 Å². The molecule has 86 valence electrons. The topological polar surface area (TPSA) is 52.6 Å². The van der Waals surface area contributed by atoms with E-state index in [1.807, 2.05) is 6.92 Å². The lowest BCUT2D eigenvalue weighted by molar-refractivity contribution is 0.184. The average molecular weight is 242 g/mol. The highest BCUT2D eigenvalue weighted by molar-refractivity contribution is 7.57. The van der Waals surface area contributed by atoms with Gasteiger partial charge in [-0.1, -0.05) is 0 Å². The molecule has 0 aromatic rings. The van der Waals surface area contributed by atoms with E-state index < -0.39 is 14.7 Å². The Balaban J connectivity index is 3.71. The molecule has 0 aliphatic heterocycles. The molecular formula is C8H20O4P2. The Morgan fingerprint density at radius 1 is 1.07 bits per heavy atom. The van der Waals surface area contributed by atoms with Gasteiger partial charge in [-0.3, -0.25) is 9.13 Å². The molecule has 4 nitrogen and oxygen atoms in total. The average Bonchev–Trinajstić information content (AvgIpc) is 1.78. The van der Waals surface area contributed by atoms with E-state index in [0.717, 1.165) is 0 Å². The second kappa shape index (κ2) is 5.46. The SMILES string of the molecule is CC(CCOP(C)(C)=O)OP(C)(C)=O. The van der Waals surface area contributed by atoms with E-state index in [-0.39, 0.29) is 6.10 Å². The van der Waals surface area contributed by atoms with Crippen LogP contribution in [0.5, 0.6) is 0 Å². The maximum absolute atomic E-state index is 11.3. The Kier molecular flexibility index (Phi) is 5.61. The first kappa shape index (κ1) is 14.4. The smallest absolute Gasteiger partial charge is 0.197 e. The minimum Gasteiger partial charge on any atom is -0.329 e. The number of rotatable bonds is 6. The molecule has 1 atom stereocenters. The summed E-state index contributed by atoms with van der Waals surface area (Å²) in [5, 5.41) is 0. The molecule has 0 radical (unpaired) electrons. The van der Waals surface area contributed by atoms with E-state index >= 15 is 0 Å². The van der Waals surface area contributed by atoms with Crippen molar-refractivity contribution in [3.05, 3.63) is 0 Å². The Bertz CT molecular complexity index is 252. The molecular weight excluding hydrogens is 222 g/mol. The van der Waals surface area contributed by atoms with Crippen molar-refractivity contribution in [1.82, 2.24) is 0 Å². The van der Waals surface area contributed by atoms with Gasteiger partial charge in [-0.2, -0.15) is 0 Å². The third-order valence-corrected chi connectivity index (χ3v) is 3.03. The quantitative estimate of drug-likeness (QED) is 0.672. The highest BCUT2D eigenvalue weighted by Crippen LogP contribution is 2.40. The Labute approximate surface area is 86.3 Å². The maximum atomic E-state index is 11.3. The standard InChI is InChI=1S/C8H20O4P2/c1-8(12-14(4,5)10)6-7-11-13(2,3)9/h8H,6-7H2,1-5H3. The van der Waals surface area contributed by atoms with Crippen LogP contribution in [0.3, 0.4) is 0 Å². The molecule has 0 aromatic heterocycles. The van der Waals surface area contributed by atoms with E-state index in [9.17, 15) is 9.13 Å². The Morgan fingerprint density at radius 2 is 1.57 bits per heavy atom. The van der Waals surface area contributed by atoms with Crippen molar-refractivity contribution in [2.24, 2.45) is 0 Å². The molecule has 0 heterocycles. The molecule has 0 saturated carbocycles. The highest BCUT2D eigenvalue weighted by Gasteiger charge is 2.14. The van der Waals surface area contributed by atoms with Gasteiger partial charge < -0.3 is 9.05 Å². The van der Waals surface area contributed by atoms with Crippen LogP contribution in [-0.4, -0.2) is 39.4 Å². The maximum Gasteiger partial charge on any atom is 0.197 e. The van der Waals surface area contributed by atoms with Gasteiger partial charge in [0, 0.05) is 26.7 Å². The van der Waals surface area contributed by atoms with Gasteiger partial charge in [-0.05, 0) is 13.3 Å². The zero-order chi connectivity index (χ0) is 11.4. The monoisotopic (exact) mass is 242 g/mol. The third-order valence-electron chi connectivity index (χ3n) is 1.36. The first-order chi connectivity index (χ1) is 6.10. The molecule has 0 saturated heterocycles. The molecule has 0 rings (SSSR count). The minimum absolute atomic E-state index is 0.123. The fraction of sp³-hybridized carbons (Fsp3) is 1.00. The summed E-state index contributed by atoms with van der Waals surface area (Å²) in [7, 11) is -4.83. The van der Waals surface area contributed by atoms with Crippen LogP contribution < -0.4 is 0 Å². The van der Waals surface area contributed by atoms with Gasteiger partial charge in [0.1, 0.15) is 0 Å². The fourth-order valence-electron chi connectivity index (χ4n) is 0.925.